The number of nitro groups is 1. The molecule has 0 spiro atoms. The average molecular weight is 285 g/mol. The summed E-state index contributed by atoms with van der Waals surface area (Å²) in [5, 5.41) is 13.8. The molecule has 2 aromatic carbocycles. The topological polar surface area (TPSA) is 98.3 Å². The molecule has 6 nitrogen and oxygen atoms in total. The Morgan fingerprint density at radius 1 is 1.14 bits per heavy atom. The highest BCUT2D eigenvalue weighted by atomic mass is 16.6. The van der Waals surface area contributed by atoms with Gasteiger partial charge in [-0.2, -0.15) is 0 Å². The number of nitrogens with two attached hydrogens (primary N) is 1. The Kier molecular flexibility index (Phi) is 4.50. The number of benzene rings is 2. The molecule has 0 amide bonds. The molecule has 108 valence electrons. The van der Waals surface area contributed by atoms with Gasteiger partial charge in [-0.05, 0) is 18.2 Å². The number of anilines is 2. The Balaban J connectivity index is 1.98. The first-order valence-corrected chi connectivity index (χ1v) is 6.44. The van der Waals surface area contributed by atoms with E-state index >= 15 is 0 Å². The predicted molar refractivity (Wildman–Crippen MR) is 81.4 cm³/mol. The summed E-state index contributed by atoms with van der Waals surface area (Å²) < 4.78 is 0. The van der Waals surface area contributed by atoms with Crippen LogP contribution in [0.15, 0.2) is 48.5 Å². The standard InChI is InChI=1S/C15H15N3O3/c16-12-6-2-1-5-11(12)15(19)9-10-17-13-7-3-4-8-14(13)18(20)21/h1-8,17H,9-10,16H2. The summed E-state index contributed by atoms with van der Waals surface area (Å²) >= 11 is 0. The number of carbonyl (C=O) groups excluding carboxylic acids is 1. The van der Waals surface area contributed by atoms with Crippen molar-refractivity contribution in [1.82, 2.24) is 0 Å². The Labute approximate surface area is 121 Å². The number of Topliss-reactive ketones (excluding diaryl/α,β-unsaturated/α-hetero) is 1. The molecular weight excluding hydrogens is 270 g/mol. The third-order valence-corrected chi connectivity index (χ3v) is 3.03. The van der Waals surface area contributed by atoms with Gasteiger partial charge in [0.25, 0.3) is 5.69 Å². The van der Waals surface area contributed by atoms with Crippen molar-refractivity contribution in [3.8, 4) is 0 Å². The molecule has 3 N–H and O–H groups in total. The number of nitrogens with zero attached hydrogens (tertiary/aromatic N) is 1. The lowest BCUT2D eigenvalue weighted by Gasteiger charge is -2.07. The summed E-state index contributed by atoms with van der Waals surface area (Å²) in [5.41, 5.74) is 7.04. The van der Waals surface area contributed by atoms with Crippen LogP contribution in [0.4, 0.5) is 17.1 Å². The molecule has 6 heteroatoms. The number of nitrogen functional groups attached to an aromatic ring is 1. The first-order chi connectivity index (χ1) is 10.1. The van der Waals surface area contributed by atoms with Crippen LogP contribution in [0, 0.1) is 10.1 Å². The van der Waals surface area contributed by atoms with Gasteiger partial charge in [0.2, 0.25) is 0 Å². The second kappa shape index (κ2) is 6.51. The summed E-state index contributed by atoms with van der Waals surface area (Å²) in [6.07, 6.45) is 0.209. The van der Waals surface area contributed by atoms with Gasteiger partial charge in [-0.3, -0.25) is 14.9 Å². The van der Waals surface area contributed by atoms with Crippen molar-refractivity contribution in [3.05, 3.63) is 64.2 Å². The molecule has 0 atom stereocenters. The Hall–Kier alpha value is -2.89. The normalized spacial score (nSPS) is 10.1. The Bertz CT molecular complexity index is 671. The first-order valence-electron chi connectivity index (χ1n) is 6.44. The molecule has 2 rings (SSSR count). The van der Waals surface area contributed by atoms with Crippen molar-refractivity contribution >= 4 is 22.8 Å². The maximum atomic E-state index is 12.0. The second-order valence-electron chi connectivity index (χ2n) is 4.46. The van der Waals surface area contributed by atoms with Gasteiger partial charge in [0.1, 0.15) is 5.69 Å². The monoisotopic (exact) mass is 285 g/mol. The van der Waals surface area contributed by atoms with Gasteiger partial charge in [0.05, 0.1) is 4.92 Å². The number of nitro benzene ring substituents is 1. The SMILES string of the molecule is Nc1ccccc1C(=O)CCNc1ccccc1[N+](=O)[O-]. The molecule has 0 saturated carbocycles. The van der Waals surface area contributed by atoms with Gasteiger partial charge in [-0.15, -0.1) is 0 Å². The lowest BCUT2D eigenvalue weighted by Crippen LogP contribution is -2.11. The van der Waals surface area contributed by atoms with Crippen LogP contribution in [0.25, 0.3) is 0 Å². The fourth-order valence-electron chi connectivity index (χ4n) is 1.98. The van der Waals surface area contributed by atoms with Crippen molar-refractivity contribution in [2.24, 2.45) is 0 Å². The number of hydrogen-bond acceptors (Lipinski definition) is 5. The quantitative estimate of drug-likeness (QED) is 0.368. The maximum absolute atomic E-state index is 12.0. The van der Waals surface area contributed by atoms with Crippen LogP contribution < -0.4 is 11.1 Å². The van der Waals surface area contributed by atoms with Crippen LogP contribution in [0.1, 0.15) is 16.8 Å². The van der Waals surface area contributed by atoms with Gasteiger partial charge < -0.3 is 11.1 Å². The van der Waals surface area contributed by atoms with E-state index in [1.165, 1.54) is 6.07 Å². The van der Waals surface area contributed by atoms with Gasteiger partial charge >= 0.3 is 0 Å². The molecule has 0 aromatic heterocycles. The molecule has 0 aliphatic carbocycles. The van der Waals surface area contributed by atoms with Crippen molar-refractivity contribution in [3.63, 3.8) is 0 Å². The van der Waals surface area contributed by atoms with Crippen molar-refractivity contribution in [2.45, 2.75) is 6.42 Å². The maximum Gasteiger partial charge on any atom is 0.292 e. The number of para-hydroxylation sites is 3. The Morgan fingerprint density at radius 3 is 2.52 bits per heavy atom. The third-order valence-electron chi connectivity index (χ3n) is 3.03. The third kappa shape index (κ3) is 3.56. The van der Waals surface area contributed by atoms with Gasteiger partial charge in [-0.25, -0.2) is 0 Å². The van der Waals surface area contributed by atoms with Crippen LogP contribution in [-0.4, -0.2) is 17.3 Å². The summed E-state index contributed by atoms with van der Waals surface area (Å²) in [5.74, 6) is -0.0980. The van der Waals surface area contributed by atoms with E-state index in [0.29, 0.717) is 23.5 Å². The summed E-state index contributed by atoms with van der Waals surface area (Å²) in [7, 11) is 0. The summed E-state index contributed by atoms with van der Waals surface area (Å²) in [6, 6.07) is 13.2. The minimum Gasteiger partial charge on any atom is -0.398 e. The molecule has 0 aliphatic rings. The van der Waals surface area contributed by atoms with Crippen LogP contribution >= 0.6 is 0 Å². The minimum atomic E-state index is -0.459. The molecule has 0 radical (unpaired) electrons. The highest BCUT2D eigenvalue weighted by Gasteiger charge is 2.13. The number of carbonyl (C=O) groups is 1. The van der Waals surface area contributed by atoms with Crippen LogP contribution in [0.5, 0.6) is 0 Å². The molecule has 0 heterocycles. The molecule has 0 fully saturated rings. The van der Waals surface area contributed by atoms with Crippen LogP contribution in [0.2, 0.25) is 0 Å². The van der Waals surface area contributed by atoms with E-state index in [-0.39, 0.29) is 17.9 Å². The highest BCUT2D eigenvalue weighted by molar-refractivity contribution is 6.00. The fourth-order valence-corrected chi connectivity index (χ4v) is 1.98. The minimum absolute atomic E-state index is 0.0100. The number of nitrogens with one attached hydrogen (secondary N) is 1. The van der Waals surface area contributed by atoms with E-state index in [2.05, 4.69) is 5.32 Å². The zero-order valence-electron chi connectivity index (χ0n) is 11.3. The lowest BCUT2D eigenvalue weighted by molar-refractivity contribution is -0.384. The van der Waals surface area contributed by atoms with Gasteiger partial charge in [0, 0.05) is 30.3 Å². The predicted octanol–water partition coefficient (Wildman–Crippen LogP) is 2.86. The molecule has 0 saturated heterocycles. The van der Waals surface area contributed by atoms with Crippen molar-refractivity contribution < 1.29 is 9.72 Å². The molecule has 0 aliphatic heterocycles. The summed E-state index contributed by atoms with van der Waals surface area (Å²) in [6.45, 7) is 0.304. The number of hydrogen-bond donors (Lipinski definition) is 2. The van der Waals surface area contributed by atoms with E-state index in [1.807, 2.05) is 0 Å². The Morgan fingerprint density at radius 2 is 1.81 bits per heavy atom. The van der Waals surface area contributed by atoms with Crippen LogP contribution in [-0.2, 0) is 0 Å². The molecule has 2 aromatic rings. The smallest absolute Gasteiger partial charge is 0.292 e. The average Bonchev–Trinajstić information content (AvgIpc) is 2.48. The van der Waals surface area contributed by atoms with E-state index in [4.69, 9.17) is 5.73 Å². The van der Waals surface area contributed by atoms with E-state index in [1.54, 1.807) is 42.5 Å². The lowest BCUT2D eigenvalue weighted by atomic mass is 10.1. The van der Waals surface area contributed by atoms with Crippen molar-refractivity contribution in [1.29, 1.82) is 0 Å². The van der Waals surface area contributed by atoms with Crippen molar-refractivity contribution in [2.75, 3.05) is 17.6 Å². The molecule has 21 heavy (non-hydrogen) atoms. The van der Waals surface area contributed by atoms with E-state index in [9.17, 15) is 14.9 Å². The summed E-state index contributed by atoms with van der Waals surface area (Å²) in [4.78, 5) is 22.4. The fraction of sp³-hybridized carbons (Fsp3) is 0.133. The molecular formula is C15H15N3O3. The van der Waals surface area contributed by atoms with Gasteiger partial charge in [0.15, 0.2) is 5.78 Å². The number of ketones is 1. The highest BCUT2D eigenvalue weighted by Crippen LogP contribution is 2.23. The zero-order chi connectivity index (χ0) is 15.2. The van der Waals surface area contributed by atoms with Crippen LogP contribution in [0.3, 0.4) is 0 Å². The first kappa shape index (κ1) is 14.5. The van der Waals surface area contributed by atoms with E-state index < -0.39 is 4.92 Å². The molecule has 0 unspecified atom stereocenters. The largest absolute Gasteiger partial charge is 0.398 e. The van der Waals surface area contributed by atoms with E-state index in [0.717, 1.165) is 0 Å². The second-order valence-corrected chi connectivity index (χ2v) is 4.46. The zero-order valence-corrected chi connectivity index (χ0v) is 11.3. The number of rotatable bonds is 6. The van der Waals surface area contributed by atoms with Gasteiger partial charge in [-0.1, -0.05) is 24.3 Å². The molecule has 0 bridgehead atoms.